The van der Waals surface area contributed by atoms with Gasteiger partial charge in [0.25, 0.3) is 0 Å². The highest BCUT2D eigenvalue weighted by Gasteiger charge is 2.37. The lowest BCUT2D eigenvalue weighted by Crippen LogP contribution is -2.52. The second-order valence-electron chi connectivity index (χ2n) is 7.56. The maximum atomic E-state index is 14.3. The fraction of sp³-hybridized carbons (Fsp3) is 0.381. The number of nitrogens with one attached hydrogen (secondary N) is 1. The number of rotatable bonds is 4. The van der Waals surface area contributed by atoms with E-state index >= 15 is 0 Å². The third-order valence-electron chi connectivity index (χ3n) is 5.60. The molecule has 0 unspecified atom stereocenters. The molecule has 0 spiro atoms. The van der Waals surface area contributed by atoms with Crippen molar-refractivity contribution in [1.29, 1.82) is 0 Å². The van der Waals surface area contributed by atoms with Crippen LogP contribution in [0.1, 0.15) is 30.3 Å². The zero-order chi connectivity index (χ0) is 22.0. The second-order valence-corrected chi connectivity index (χ2v) is 8.48. The first-order valence-electron chi connectivity index (χ1n) is 9.87. The van der Waals surface area contributed by atoms with E-state index in [-0.39, 0.29) is 18.2 Å². The number of carboxylic acid groups (broad SMARTS) is 1. The van der Waals surface area contributed by atoms with E-state index in [9.17, 15) is 18.7 Å². The Kier molecular flexibility index (Phi) is 6.59. The van der Waals surface area contributed by atoms with Crippen LogP contribution in [-0.4, -0.2) is 57.8 Å². The number of benzene rings is 1. The monoisotopic (exact) mass is 494 g/mol. The van der Waals surface area contributed by atoms with Gasteiger partial charge in [0.15, 0.2) is 5.82 Å². The van der Waals surface area contributed by atoms with E-state index in [1.54, 1.807) is 12.4 Å². The van der Waals surface area contributed by atoms with E-state index < -0.39 is 29.9 Å². The van der Waals surface area contributed by atoms with Crippen LogP contribution in [0, 0.1) is 11.6 Å². The molecule has 31 heavy (non-hydrogen) atoms. The first kappa shape index (κ1) is 21.8. The quantitative estimate of drug-likeness (QED) is 0.672. The zero-order valence-electron chi connectivity index (χ0n) is 16.5. The van der Waals surface area contributed by atoms with E-state index in [0.717, 1.165) is 41.2 Å². The first-order valence-corrected chi connectivity index (χ1v) is 10.7. The van der Waals surface area contributed by atoms with Crippen LogP contribution >= 0.6 is 15.9 Å². The standard InChI is InChI=1S/C21H21BrF2N4O3/c22-13-9-25-20(26-10-13)12-3-5-28(6-4-12)15-8-18(27-21(29)30)19(31-11-15)16-7-14(23)1-2-17(16)24/h1-3,7,9-10,15,18-19,27H,4-6,8,11H2,(H,29,30)/t15-,18+,19-/m1/s1. The average molecular weight is 495 g/mol. The molecular formula is C21H21BrF2N4O3. The molecule has 2 aliphatic heterocycles. The van der Waals surface area contributed by atoms with Gasteiger partial charge in [-0.3, -0.25) is 4.90 Å². The van der Waals surface area contributed by atoms with Crippen LogP contribution < -0.4 is 5.32 Å². The Morgan fingerprint density at radius 3 is 2.74 bits per heavy atom. The number of hydrogen-bond acceptors (Lipinski definition) is 5. The fourth-order valence-corrected chi connectivity index (χ4v) is 4.30. The SMILES string of the molecule is O=C(O)N[C@H]1C[C@@H](N2CC=C(c3ncc(Br)cn3)CC2)CO[C@@H]1c1cc(F)ccc1F. The molecule has 2 aromatic rings. The van der Waals surface area contributed by atoms with Crippen LogP contribution in [0.3, 0.4) is 0 Å². The van der Waals surface area contributed by atoms with Gasteiger partial charge in [-0.1, -0.05) is 6.08 Å². The molecule has 1 aromatic carbocycles. The number of ether oxygens (including phenoxy) is 1. The number of carbonyl (C=O) groups is 1. The highest BCUT2D eigenvalue weighted by molar-refractivity contribution is 9.10. The van der Waals surface area contributed by atoms with E-state index in [2.05, 4.69) is 42.2 Å². The molecule has 1 amide bonds. The highest BCUT2D eigenvalue weighted by atomic mass is 79.9. The lowest BCUT2D eigenvalue weighted by molar-refractivity contribution is -0.0566. The van der Waals surface area contributed by atoms with Crippen molar-refractivity contribution < 1.29 is 23.4 Å². The van der Waals surface area contributed by atoms with Crippen molar-refractivity contribution in [2.75, 3.05) is 19.7 Å². The first-order chi connectivity index (χ1) is 14.9. The average Bonchev–Trinajstić information content (AvgIpc) is 2.76. The largest absolute Gasteiger partial charge is 0.465 e. The molecule has 3 heterocycles. The predicted octanol–water partition coefficient (Wildman–Crippen LogP) is 3.77. The Morgan fingerprint density at radius 1 is 1.29 bits per heavy atom. The topological polar surface area (TPSA) is 87.6 Å². The molecular weight excluding hydrogens is 474 g/mol. The summed E-state index contributed by atoms with van der Waals surface area (Å²) in [7, 11) is 0. The Balaban J connectivity index is 1.47. The number of hydrogen-bond donors (Lipinski definition) is 2. The second kappa shape index (κ2) is 9.37. The summed E-state index contributed by atoms with van der Waals surface area (Å²) in [6.45, 7) is 1.66. The van der Waals surface area contributed by atoms with Crippen molar-refractivity contribution >= 4 is 27.6 Å². The van der Waals surface area contributed by atoms with Gasteiger partial charge >= 0.3 is 6.09 Å². The summed E-state index contributed by atoms with van der Waals surface area (Å²) < 4.78 is 34.7. The number of aromatic nitrogens is 2. The Hall–Kier alpha value is -2.43. The molecule has 3 atom stereocenters. The Labute approximate surface area is 186 Å². The van der Waals surface area contributed by atoms with Crippen molar-refractivity contribution in [2.24, 2.45) is 0 Å². The molecule has 2 aliphatic rings. The summed E-state index contributed by atoms with van der Waals surface area (Å²) in [5.74, 6) is -0.531. The highest BCUT2D eigenvalue weighted by Crippen LogP contribution is 2.33. The molecule has 4 rings (SSSR count). The maximum Gasteiger partial charge on any atom is 0.404 e. The van der Waals surface area contributed by atoms with E-state index in [1.807, 2.05) is 0 Å². The summed E-state index contributed by atoms with van der Waals surface area (Å²) in [6.07, 6.45) is 4.52. The van der Waals surface area contributed by atoms with Gasteiger partial charge in [0.2, 0.25) is 0 Å². The number of halogens is 3. The van der Waals surface area contributed by atoms with Crippen LogP contribution in [0.2, 0.25) is 0 Å². The van der Waals surface area contributed by atoms with Gasteiger partial charge in [-0.05, 0) is 52.5 Å². The van der Waals surface area contributed by atoms with Gasteiger partial charge in [-0.25, -0.2) is 23.5 Å². The van der Waals surface area contributed by atoms with Gasteiger partial charge < -0.3 is 15.2 Å². The number of amides is 1. The minimum atomic E-state index is -1.23. The third kappa shape index (κ3) is 5.08. The van der Waals surface area contributed by atoms with Crippen LogP contribution in [0.15, 0.2) is 41.1 Å². The third-order valence-corrected chi connectivity index (χ3v) is 6.01. The van der Waals surface area contributed by atoms with Gasteiger partial charge in [0.05, 0.1) is 17.1 Å². The molecule has 2 N–H and O–H groups in total. The summed E-state index contributed by atoms with van der Waals surface area (Å²) in [5.41, 5.74) is 1.07. The van der Waals surface area contributed by atoms with Crippen LogP contribution in [0.5, 0.6) is 0 Å². The van der Waals surface area contributed by atoms with Gasteiger partial charge in [0, 0.05) is 37.1 Å². The number of nitrogens with zero attached hydrogens (tertiary/aromatic N) is 3. The molecule has 164 valence electrons. The van der Waals surface area contributed by atoms with Gasteiger partial charge in [0.1, 0.15) is 17.7 Å². The van der Waals surface area contributed by atoms with Gasteiger partial charge in [-0.2, -0.15) is 0 Å². The molecule has 7 nitrogen and oxygen atoms in total. The van der Waals surface area contributed by atoms with E-state index in [0.29, 0.717) is 18.8 Å². The van der Waals surface area contributed by atoms with Crippen molar-refractivity contribution in [3.05, 3.63) is 64.2 Å². The van der Waals surface area contributed by atoms with Crippen molar-refractivity contribution in [1.82, 2.24) is 20.2 Å². The summed E-state index contributed by atoms with van der Waals surface area (Å²) in [5, 5.41) is 11.7. The Bertz CT molecular complexity index is 989. The minimum Gasteiger partial charge on any atom is -0.465 e. The van der Waals surface area contributed by atoms with Crippen LogP contribution in [0.4, 0.5) is 13.6 Å². The molecule has 0 radical (unpaired) electrons. The summed E-state index contributed by atoms with van der Waals surface area (Å²) in [6, 6.07) is 2.35. The van der Waals surface area contributed by atoms with Crippen molar-refractivity contribution in [3.63, 3.8) is 0 Å². The zero-order valence-corrected chi connectivity index (χ0v) is 18.1. The predicted molar refractivity (Wildman–Crippen MR) is 112 cm³/mol. The lowest BCUT2D eigenvalue weighted by Gasteiger charge is -2.42. The maximum absolute atomic E-state index is 14.3. The fourth-order valence-electron chi connectivity index (χ4n) is 4.10. The van der Waals surface area contributed by atoms with E-state index in [1.165, 1.54) is 0 Å². The summed E-state index contributed by atoms with van der Waals surface area (Å²) in [4.78, 5) is 22.2. The van der Waals surface area contributed by atoms with Crippen molar-refractivity contribution in [2.45, 2.75) is 31.0 Å². The normalized spacial score (nSPS) is 24.5. The molecule has 1 fully saturated rings. The lowest BCUT2D eigenvalue weighted by atomic mass is 9.91. The van der Waals surface area contributed by atoms with Crippen molar-refractivity contribution in [3.8, 4) is 0 Å². The molecule has 0 saturated carbocycles. The van der Waals surface area contributed by atoms with Gasteiger partial charge in [-0.15, -0.1) is 0 Å². The minimum absolute atomic E-state index is 0.0189. The molecule has 1 saturated heterocycles. The van der Waals surface area contributed by atoms with Crippen LogP contribution in [0.25, 0.3) is 5.57 Å². The summed E-state index contributed by atoms with van der Waals surface area (Å²) >= 11 is 3.33. The van der Waals surface area contributed by atoms with Crippen LogP contribution in [-0.2, 0) is 4.74 Å². The molecule has 10 heteroatoms. The van der Waals surface area contributed by atoms with E-state index in [4.69, 9.17) is 4.74 Å². The molecule has 1 aromatic heterocycles. The Morgan fingerprint density at radius 2 is 2.06 bits per heavy atom. The molecule has 0 aliphatic carbocycles. The molecule has 0 bridgehead atoms. The smallest absolute Gasteiger partial charge is 0.404 e.